The monoisotopic (exact) mass is 307 g/mol. The number of ether oxygens (including phenoxy) is 1. The van der Waals surface area contributed by atoms with Crippen LogP contribution in [0.15, 0.2) is 35.7 Å². The van der Waals surface area contributed by atoms with Gasteiger partial charge in [-0.25, -0.2) is 0 Å². The molecule has 0 saturated carbocycles. The maximum Gasteiger partial charge on any atom is 0.573 e. The predicted octanol–water partition coefficient (Wildman–Crippen LogP) is 4.35. The lowest BCUT2D eigenvalue weighted by atomic mass is 10.1. The van der Waals surface area contributed by atoms with E-state index in [-0.39, 0.29) is 5.02 Å². The Hall–Kier alpha value is -1.24. The third kappa shape index (κ3) is 3.62. The largest absolute Gasteiger partial charge is 0.573 e. The van der Waals surface area contributed by atoms with Gasteiger partial charge in [0.1, 0.15) is 5.75 Å². The summed E-state index contributed by atoms with van der Waals surface area (Å²) in [6.07, 6.45) is -4.76. The highest BCUT2D eigenvalue weighted by Gasteiger charge is 2.32. The van der Waals surface area contributed by atoms with Crippen molar-refractivity contribution in [1.82, 2.24) is 0 Å². The van der Waals surface area contributed by atoms with Crippen LogP contribution in [-0.4, -0.2) is 6.36 Å². The molecule has 1 heterocycles. The van der Waals surface area contributed by atoms with Gasteiger partial charge in [0, 0.05) is 4.88 Å². The first-order valence-electron chi connectivity index (χ1n) is 5.21. The van der Waals surface area contributed by atoms with Crippen LogP contribution in [0.1, 0.15) is 16.5 Å². The van der Waals surface area contributed by atoms with E-state index in [1.165, 1.54) is 29.5 Å². The Balaban J connectivity index is 2.24. The van der Waals surface area contributed by atoms with Crippen molar-refractivity contribution in [2.24, 2.45) is 5.73 Å². The minimum atomic E-state index is -4.76. The van der Waals surface area contributed by atoms with Crippen molar-refractivity contribution >= 4 is 22.9 Å². The second-order valence-corrected chi connectivity index (χ2v) is 5.12. The standard InChI is InChI=1S/C12H9ClF3NOS/c13-8-6-7(11(17)10-2-1-5-19-10)3-4-9(8)18-12(14,15)16/h1-6,11H,17H2/t11-/m0/s1. The molecule has 2 aromatic rings. The average molecular weight is 308 g/mol. The number of benzene rings is 1. The van der Waals surface area contributed by atoms with Gasteiger partial charge in [-0.05, 0) is 29.1 Å². The summed E-state index contributed by atoms with van der Waals surface area (Å²) in [5, 5.41) is 1.75. The average Bonchev–Trinajstić information content (AvgIpc) is 2.82. The number of hydrogen-bond donors (Lipinski definition) is 1. The molecule has 1 atom stereocenters. The zero-order valence-corrected chi connectivity index (χ0v) is 11.0. The van der Waals surface area contributed by atoms with Crippen LogP contribution in [0, 0.1) is 0 Å². The topological polar surface area (TPSA) is 35.2 Å². The van der Waals surface area contributed by atoms with Gasteiger partial charge < -0.3 is 10.5 Å². The van der Waals surface area contributed by atoms with E-state index >= 15 is 0 Å². The Morgan fingerprint density at radius 3 is 2.53 bits per heavy atom. The normalized spacial score (nSPS) is 13.3. The van der Waals surface area contributed by atoms with Crippen LogP contribution < -0.4 is 10.5 Å². The number of alkyl halides is 3. The fourth-order valence-corrected chi connectivity index (χ4v) is 2.53. The van der Waals surface area contributed by atoms with E-state index in [0.717, 1.165) is 4.88 Å². The first kappa shape index (κ1) is 14.2. The molecular formula is C12H9ClF3NOS. The third-order valence-electron chi connectivity index (χ3n) is 2.39. The van der Waals surface area contributed by atoms with Gasteiger partial charge in [0.2, 0.25) is 0 Å². The number of rotatable bonds is 3. The van der Waals surface area contributed by atoms with Crippen LogP contribution in [0.2, 0.25) is 5.02 Å². The smallest absolute Gasteiger partial charge is 0.404 e. The molecule has 0 fully saturated rings. The molecule has 0 radical (unpaired) electrons. The van der Waals surface area contributed by atoms with Crippen molar-refractivity contribution in [2.45, 2.75) is 12.4 Å². The highest BCUT2D eigenvalue weighted by Crippen LogP contribution is 2.33. The van der Waals surface area contributed by atoms with E-state index in [4.69, 9.17) is 17.3 Å². The third-order valence-corrected chi connectivity index (χ3v) is 3.64. The maximum absolute atomic E-state index is 12.1. The fraction of sp³-hybridized carbons (Fsp3) is 0.167. The van der Waals surface area contributed by atoms with Crippen molar-refractivity contribution < 1.29 is 17.9 Å². The Bertz CT molecular complexity index is 557. The van der Waals surface area contributed by atoms with E-state index in [2.05, 4.69) is 4.74 Å². The van der Waals surface area contributed by atoms with Gasteiger partial charge in [-0.2, -0.15) is 0 Å². The molecule has 19 heavy (non-hydrogen) atoms. The summed E-state index contributed by atoms with van der Waals surface area (Å²) in [6.45, 7) is 0. The van der Waals surface area contributed by atoms with E-state index in [1.54, 1.807) is 0 Å². The summed E-state index contributed by atoms with van der Waals surface area (Å²) in [7, 11) is 0. The van der Waals surface area contributed by atoms with Crippen molar-refractivity contribution in [3.63, 3.8) is 0 Å². The summed E-state index contributed by atoms with van der Waals surface area (Å²) in [6, 6.07) is 7.30. The van der Waals surface area contributed by atoms with Gasteiger partial charge in [0.05, 0.1) is 11.1 Å². The zero-order chi connectivity index (χ0) is 14.0. The minimum absolute atomic E-state index is 0.123. The van der Waals surface area contributed by atoms with Gasteiger partial charge in [0.25, 0.3) is 0 Å². The molecule has 1 aromatic carbocycles. The molecule has 0 aliphatic rings. The Labute approximate surface area is 116 Å². The van der Waals surface area contributed by atoms with Crippen molar-refractivity contribution in [3.8, 4) is 5.75 Å². The van der Waals surface area contributed by atoms with E-state index in [9.17, 15) is 13.2 Å². The predicted molar refractivity (Wildman–Crippen MR) is 68.5 cm³/mol. The first-order valence-corrected chi connectivity index (χ1v) is 6.47. The summed E-state index contributed by atoms with van der Waals surface area (Å²) in [5.41, 5.74) is 6.62. The Kier molecular flexibility index (Phi) is 4.03. The first-order chi connectivity index (χ1) is 8.87. The summed E-state index contributed by atoms with van der Waals surface area (Å²) in [4.78, 5) is 0.903. The molecule has 7 heteroatoms. The fourth-order valence-electron chi connectivity index (χ4n) is 1.55. The molecule has 2 nitrogen and oxygen atoms in total. The number of nitrogens with two attached hydrogens (primary N) is 1. The minimum Gasteiger partial charge on any atom is -0.404 e. The van der Waals surface area contributed by atoms with Crippen LogP contribution in [0.25, 0.3) is 0 Å². The van der Waals surface area contributed by atoms with Crippen LogP contribution >= 0.6 is 22.9 Å². The van der Waals surface area contributed by atoms with Crippen LogP contribution in [0.4, 0.5) is 13.2 Å². The van der Waals surface area contributed by atoms with Gasteiger partial charge in [0.15, 0.2) is 0 Å². The van der Waals surface area contributed by atoms with Gasteiger partial charge in [-0.1, -0.05) is 23.7 Å². The molecular weight excluding hydrogens is 299 g/mol. The van der Waals surface area contributed by atoms with Gasteiger partial charge in [-0.3, -0.25) is 0 Å². The number of hydrogen-bond acceptors (Lipinski definition) is 3. The van der Waals surface area contributed by atoms with Crippen molar-refractivity contribution in [3.05, 3.63) is 51.2 Å². The molecule has 0 aliphatic carbocycles. The van der Waals surface area contributed by atoms with E-state index in [0.29, 0.717) is 5.56 Å². The molecule has 0 aliphatic heterocycles. The molecule has 102 valence electrons. The van der Waals surface area contributed by atoms with Crippen molar-refractivity contribution in [2.75, 3.05) is 0 Å². The lowest BCUT2D eigenvalue weighted by Crippen LogP contribution is -2.17. The zero-order valence-electron chi connectivity index (χ0n) is 9.45. The highest BCUT2D eigenvalue weighted by atomic mass is 35.5. The number of thiophene rings is 1. The molecule has 0 saturated heterocycles. The lowest BCUT2D eigenvalue weighted by Gasteiger charge is -2.14. The van der Waals surface area contributed by atoms with Gasteiger partial charge >= 0.3 is 6.36 Å². The quantitative estimate of drug-likeness (QED) is 0.915. The summed E-state index contributed by atoms with van der Waals surface area (Å²) < 4.78 is 40.1. The SMILES string of the molecule is N[C@@H](c1ccc(OC(F)(F)F)c(Cl)c1)c1cccs1. The molecule has 2 rings (SSSR count). The maximum atomic E-state index is 12.1. The number of halogens is 4. The molecule has 2 N–H and O–H groups in total. The second-order valence-electron chi connectivity index (χ2n) is 3.73. The van der Waals surface area contributed by atoms with Crippen molar-refractivity contribution in [1.29, 1.82) is 0 Å². The van der Waals surface area contributed by atoms with Crippen LogP contribution in [-0.2, 0) is 0 Å². The molecule has 0 unspecified atom stereocenters. The lowest BCUT2D eigenvalue weighted by molar-refractivity contribution is -0.274. The van der Waals surface area contributed by atoms with Crippen LogP contribution in [0.3, 0.4) is 0 Å². The summed E-state index contributed by atoms with van der Waals surface area (Å²) in [5.74, 6) is -0.434. The van der Waals surface area contributed by atoms with Gasteiger partial charge in [-0.15, -0.1) is 24.5 Å². The van der Waals surface area contributed by atoms with E-state index < -0.39 is 18.2 Å². The Morgan fingerprint density at radius 1 is 1.26 bits per heavy atom. The summed E-state index contributed by atoms with van der Waals surface area (Å²) >= 11 is 7.23. The van der Waals surface area contributed by atoms with E-state index in [1.807, 2.05) is 17.5 Å². The molecule has 1 aromatic heterocycles. The second kappa shape index (κ2) is 5.40. The molecule has 0 bridgehead atoms. The van der Waals surface area contributed by atoms with Crippen LogP contribution in [0.5, 0.6) is 5.75 Å². The highest BCUT2D eigenvalue weighted by molar-refractivity contribution is 7.10. The molecule has 0 spiro atoms. The Morgan fingerprint density at radius 2 is 2.00 bits per heavy atom. The molecule has 0 amide bonds.